The molecule has 1 saturated heterocycles. The number of nitrogens with one attached hydrogen (secondary N) is 1. The molecule has 1 aromatic heterocycles. The van der Waals surface area contributed by atoms with E-state index >= 15 is 0 Å². The van der Waals surface area contributed by atoms with Crippen molar-refractivity contribution in [2.45, 2.75) is 19.6 Å². The highest BCUT2D eigenvalue weighted by atomic mass is 16.7. The quantitative estimate of drug-likeness (QED) is 0.504. The van der Waals surface area contributed by atoms with E-state index < -0.39 is 17.7 Å². The zero-order valence-electron chi connectivity index (χ0n) is 12.6. The normalized spacial score (nSPS) is 16.5. The Morgan fingerprint density at radius 3 is 2.36 bits per heavy atom. The van der Waals surface area contributed by atoms with Crippen LogP contribution in [-0.2, 0) is 19.1 Å². The molecular weight excluding hydrogens is 292 g/mol. The number of esters is 2. The molecule has 0 spiro atoms. The monoisotopic (exact) mass is 308 g/mol. The Labute approximate surface area is 127 Å². The van der Waals surface area contributed by atoms with E-state index in [1.807, 2.05) is 0 Å². The Morgan fingerprint density at radius 2 is 1.82 bits per heavy atom. The number of hydrogen-bond acceptors (Lipinski definition) is 8. The highest BCUT2D eigenvalue weighted by Gasteiger charge is 2.38. The van der Waals surface area contributed by atoms with Crippen molar-refractivity contribution in [3.63, 3.8) is 0 Å². The Bertz CT molecular complexity index is 616. The van der Waals surface area contributed by atoms with Crippen LogP contribution >= 0.6 is 0 Å². The van der Waals surface area contributed by atoms with Crippen molar-refractivity contribution < 1.29 is 28.5 Å². The minimum atomic E-state index is -1.27. The van der Waals surface area contributed by atoms with Crippen molar-refractivity contribution in [1.82, 2.24) is 4.98 Å². The number of ether oxygens (including phenoxy) is 4. The van der Waals surface area contributed by atoms with Gasteiger partial charge in [-0.1, -0.05) is 0 Å². The van der Waals surface area contributed by atoms with Crippen LogP contribution in [0.3, 0.4) is 0 Å². The molecule has 8 nitrogen and oxygen atoms in total. The molecule has 22 heavy (non-hydrogen) atoms. The molecule has 0 saturated carbocycles. The van der Waals surface area contributed by atoms with E-state index in [4.69, 9.17) is 18.9 Å². The molecule has 0 aromatic carbocycles. The molecule has 1 aliphatic rings. The second-order valence-corrected chi connectivity index (χ2v) is 4.81. The average Bonchev–Trinajstić information content (AvgIpc) is 2.45. The standard InChI is InChI=1S/C14H16N2O6/c1-14(2)21-12(17)8(13(18)22-14)6-15-9-7-16-11(20-4)5-10(9)19-3/h5-7,15H,1-4H3. The van der Waals surface area contributed by atoms with Gasteiger partial charge in [0, 0.05) is 26.1 Å². The van der Waals surface area contributed by atoms with Crippen LogP contribution in [0.25, 0.3) is 0 Å². The van der Waals surface area contributed by atoms with Crippen molar-refractivity contribution in [2.75, 3.05) is 19.5 Å². The highest BCUT2D eigenvalue weighted by Crippen LogP contribution is 2.28. The number of nitrogens with zero attached hydrogens (tertiary/aromatic N) is 1. The number of pyridine rings is 1. The zero-order chi connectivity index (χ0) is 16.3. The molecule has 1 aliphatic heterocycles. The molecule has 0 atom stereocenters. The van der Waals surface area contributed by atoms with Gasteiger partial charge in [-0.3, -0.25) is 0 Å². The second-order valence-electron chi connectivity index (χ2n) is 4.81. The van der Waals surface area contributed by atoms with Crippen LogP contribution in [0.15, 0.2) is 24.0 Å². The van der Waals surface area contributed by atoms with E-state index in [0.717, 1.165) is 0 Å². The first kappa shape index (κ1) is 15.6. The van der Waals surface area contributed by atoms with Gasteiger partial charge >= 0.3 is 11.9 Å². The molecule has 0 aliphatic carbocycles. The molecule has 2 heterocycles. The van der Waals surface area contributed by atoms with E-state index in [1.54, 1.807) is 6.07 Å². The predicted molar refractivity (Wildman–Crippen MR) is 75.3 cm³/mol. The molecule has 1 aromatic rings. The molecule has 118 valence electrons. The Morgan fingerprint density at radius 1 is 1.18 bits per heavy atom. The smallest absolute Gasteiger partial charge is 0.350 e. The molecule has 2 rings (SSSR count). The topological polar surface area (TPSA) is 96.0 Å². The highest BCUT2D eigenvalue weighted by molar-refractivity contribution is 6.15. The third-order valence-corrected chi connectivity index (χ3v) is 2.76. The van der Waals surface area contributed by atoms with Gasteiger partial charge in [-0.15, -0.1) is 0 Å². The number of anilines is 1. The van der Waals surface area contributed by atoms with Crippen LogP contribution in [0.4, 0.5) is 5.69 Å². The summed E-state index contributed by atoms with van der Waals surface area (Å²) in [5.41, 5.74) is 0.193. The number of carbonyl (C=O) groups excluding carboxylic acids is 2. The molecule has 0 bridgehead atoms. The number of carbonyl (C=O) groups is 2. The molecule has 8 heteroatoms. The largest absolute Gasteiger partial charge is 0.494 e. The van der Waals surface area contributed by atoms with Gasteiger partial charge in [0.1, 0.15) is 5.75 Å². The lowest BCUT2D eigenvalue weighted by Gasteiger charge is -2.29. The van der Waals surface area contributed by atoms with Crippen LogP contribution in [-0.4, -0.2) is 36.9 Å². The van der Waals surface area contributed by atoms with Gasteiger partial charge in [-0.25, -0.2) is 14.6 Å². The van der Waals surface area contributed by atoms with Crippen LogP contribution in [0.2, 0.25) is 0 Å². The van der Waals surface area contributed by atoms with Gasteiger partial charge in [0.25, 0.3) is 5.79 Å². The summed E-state index contributed by atoms with van der Waals surface area (Å²) in [6.07, 6.45) is 2.63. The van der Waals surface area contributed by atoms with E-state index in [9.17, 15) is 9.59 Å². The molecule has 0 radical (unpaired) electrons. The summed E-state index contributed by atoms with van der Waals surface area (Å²) in [6.45, 7) is 2.95. The minimum Gasteiger partial charge on any atom is -0.494 e. The van der Waals surface area contributed by atoms with Gasteiger partial charge < -0.3 is 24.3 Å². The molecular formula is C14H16N2O6. The van der Waals surface area contributed by atoms with Crippen molar-refractivity contribution in [3.8, 4) is 11.6 Å². The summed E-state index contributed by atoms with van der Waals surface area (Å²) in [5, 5.41) is 2.77. The lowest BCUT2D eigenvalue weighted by atomic mass is 10.2. The van der Waals surface area contributed by atoms with E-state index in [2.05, 4.69) is 10.3 Å². The van der Waals surface area contributed by atoms with Gasteiger partial charge in [0.2, 0.25) is 5.88 Å². The first-order chi connectivity index (χ1) is 10.4. The van der Waals surface area contributed by atoms with Crippen molar-refractivity contribution in [3.05, 3.63) is 24.0 Å². The first-order valence-electron chi connectivity index (χ1n) is 6.37. The summed E-state index contributed by atoms with van der Waals surface area (Å²) < 4.78 is 20.1. The third kappa shape index (κ3) is 3.27. The van der Waals surface area contributed by atoms with Crippen LogP contribution < -0.4 is 14.8 Å². The Hall–Kier alpha value is -2.77. The number of aromatic nitrogens is 1. The van der Waals surface area contributed by atoms with E-state index in [1.165, 1.54) is 40.5 Å². The molecule has 0 amide bonds. The SMILES string of the molecule is COc1cc(OC)c(NC=C2C(=O)OC(C)(C)OC2=O)cn1. The maximum atomic E-state index is 11.8. The van der Waals surface area contributed by atoms with Gasteiger partial charge in [-0.05, 0) is 0 Å². The predicted octanol–water partition coefficient (Wildman–Crippen LogP) is 1.23. The summed E-state index contributed by atoms with van der Waals surface area (Å²) >= 11 is 0. The number of hydrogen-bond donors (Lipinski definition) is 1. The summed E-state index contributed by atoms with van der Waals surface area (Å²) in [4.78, 5) is 27.6. The summed E-state index contributed by atoms with van der Waals surface area (Å²) in [5.74, 6) is -2.01. The lowest BCUT2D eigenvalue weighted by Crippen LogP contribution is -2.42. The number of rotatable bonds is 4. The summed E-state index contributed by atoms with van der Waals surface area (Å²) in [7, 11) is 2.95. The average molecular weight is 308 g/mol. The maximum absolute atomic E-state index is 11.8. The lowest BCUT2D eigenvalue weighted by molar-refractivity contribution is -0.222. The minimum absolute atomic E-state index is 0.253. The van der Waals surface area contributed by atoms with E-state index in [0.29, 0.717) is 17.3 Å². The third-order valence-electron chi connectivity index (χ3n) is 2.76. The maximum Gasteiger partial charge on any atom is 0.350 e. The molecule has 1 fully saturated rings. The molecule has 0 unspecified atom stereocenters. The van der Waals surface area contributed by atoms with E-state index in [-0.39, 0.29) is 5.57 Å². The summed E-state index contributed by atoms with van der Waals surface area (Å²) in [6, 6.07) is 1.56. The van der Waals surface area contributed by atoms with Gasteiger partial charge in [-0.2, -0.15) is 0 Å². The van der Waals surface area contributed by atoms with Gasteiger partial charge in [0.05, 0.1) is 26.1 Å². The Kier molecular flexibility index (Phi) is 4.20. The van der Waals surface area contributed by atoms with Crippen molar-refractivity contribution in [2.24, 2.45) is 0 Å². The number of cyclic esters (lactones) is 2. The molecule has 1 N–H and O–H groups in total. The second kappa shape index (κ2) is 5.92. The van der Waals surface area contributed by atoms with Crippen LogP contribution in [0.1, 0.15) is 13.8 Å². The Balaban J connectivity index is 2.21. The fourth-order valence-corrected chi connectivity index (χ4v) is 1.74. The van der Waals surface area contributed by atoms with Crippen LogP contribution in [0, 0.1) is 0 Å². The van der Waals surface area contributed by atoms with Gasteiger partial charge in [0.15, 0.2) is 5.57 Å². The van der Waals surface area contributed by atoms with Crippen molar-refractivity contribution in [1.29, 1.82) is 0 Å². The van der Waals surface area contributed by atoms with Crippen molar-refractivity contribution >= 4 is 17.6 Å². The number of methoxy groups -OCH3 is 2. The van der Waals surface area contributed by atoms with Crippen LogP contribution in [0.5, 0.6) is 11.6 Å². The fraction of sp³-hybridized carbons (Fsp3) is 0.357. The zero-order valence-corrected chi connectivity index (χ0v) is 12.6. The first-order valence-corrected chi connectivity index (χ1v) is 6.37. The fourth-order valence-electron chi connectivity index (χ4n) is 1.74.